The Kier molecular flexibility index (Phi) is 4.59. The van der Waals surface area contributed by atoms with Crippen molar-refractivity contribution in [1.82, 2.24) is 19.5 Å². The Morgan fingerprint density at radius 3 is 2.57 bits per heavy atom. The molecule has 0 spiro atoms. The maximum atomic E-state index is 12.0. The van der Waals surface area contributed by atoms with E-state index in [1.54, 1.807) is 12.1 Å². The van der Waals surface area contributed by atoms with Crippen LogP contribution in [0.4, 0.5) is 11.5 Å². The SMILES string of the molecule is Cn1c(-c2ccc(OCC(=O)Nc3ccccc3)cc2)nc2c(N)ncnc21. The van der Waals surface area contributed by atoms with Crippen molar-refractivity contribution in [3.05, 3.63) is 60.9 Å². The first kappa shape index (κ1) is 17.5. The van der Waals surface area contributed by atoms with Gasteiger partial charge in [-0.2, -0.15) is 0 Å². The van der Waals surface area contributed by atoms with E-state index in [-0.39, 0.29) is 12.5 Å². The normalized spacial score (nSPS) is 10.8. The van der Waals surface area contributed by atoms with Gasteiger partial charge in [0.15, 0.2) is 23.6 Å². The van der Waals surface area contributed by atoms with Crippen LogP contribution in [0.25, 0.3) is 22.6 Å². The van der Waals surface area contributed by atoms with Crippen LogP contribution in [0.1, 0.15) is 0 Å². The van der Waals surface area contributed by atoms with E-state index in [2.05, 4.69) is 20.3 Å². The predicted molar refractivity (Wildman–Crippen MR) is 107 cm³/mol. The number of nitrogens with zero attached hydrogens (tertiary/aromatic N) is 4. The van der Waals surface area contributed by atoms with Gasteiger partial charge in [0.2, 0.25) is 0 Å². The number of fused-ring (bicyclic) bond motifs is 1. The molecule has 3 N–H and O–H groups in total. The molecular formula is C20H18N6O2. The molecule has 0 aliphatic rings. The van der Waals surface area contributed by atoms with Gasteiger partial charge in [-0.15, -0.1) is 0 Å². The molecule has 0 saturated heterocycles. The number of benzene rings is 2. The Balaban J connectivity index is 1.45. The molecule has 140 valence electrons. The molecule has 4 aromatic rings. The van der Waals surface area contributed by atoms with E-state index >= 15 is 0 Å². The molecule has 0 aliphatic carbocycles. The van der Waals surface area contributed by atoms with Gasteiger partial charge >= 0.3 is 0 Å². The number of amides is 1. The summed E-state index contributed by atoms with van der Waals surface area (Å²) >= 11 is 0. The van der Waals surface area contributed by atoms with Crippen molar-refractivity contribution >= 4 is 28.6 Å². The van der Waals surface area contributed by atoms with Crippen molar-refractivity contribution in [2.75, 3.05) is 17.7 Å². The summed E-state index contributed by atoms with van der Waals surface area (Å²) < 4.78 is 7.42. The van der Waals surface area contributed by atoms with E-state index < -0.39 is 0 Å². The number of hydrogen-bond donors (Lipinski definition) is 2. The first-order valence-corrected chi connectivity index (χ1v) is 8.63. The Morgan fingerprint density at radius 1 is 1.11 bits per heavy atom. The first-order valence-electron chi connectivity index (χ1n) is 8.63. The molecule has 1 amide bonds. The predicted octanol–water partition coefficient (Wildman–Crippen LogP) is 2.63. The molecule has 0 fully saturated rings. The zero-order valence-corrected chi connectivity index (χ0v) is 15.2. The lowest BCUT2D eigenvalue weighted by molar-refractivity contribution is -0.118. The van der Waals surface area contributed by atoms with Crippen LogP contribution in [0.2, 0.25) is 0 Å². The molecule has 0 atom stereocenters. The minimum atomic E-state index is -0.223. The van der Waals surface area contributed by atoms with Crippen LogP contribution < -0.4 is 15.8 Å². The lowest BCUT2D eigenvalue weighted by atomic mass is 10.2. The standard InChI is InChI=1S/C20H18N6O2/c1-26-19(25-17-18(21)22-12-23-20(17)26)13-7-9-15(10-8-13)28-11-16(27)24-14-5-3-2-4-6-14/h2-10,12H,11H2,1H3,(H,24,27)(H2,21,22,23). The number of anilines is 2. The molecule has 2 aromatic carbocycles. The monoisotopic (exact) mass is 374 g/mol. The second-order valence-corrected chi connectivity index (χ2v) is 6.15. The molecule has 8 heteroatoms. The van der Waals surface area contributed by atoms with E-state index in [1.165, 1.54) is 6.33 Å². The number of nitrogen functional groups attached to an aromatic ring is 1. The number of rotatable bonds is 5. The fourth-order valence-corrected chi connectivity index (χ4v) is 2.84. The Labute approximate surface area is 161 Å². The maximum absolute atomic E-state index is 12.0. The molecule has 2 aromatic heterocycles. The number of hydrogen-bond acceptors (Lipinski definition) is 6. The Hall–Kier alpha value is -3.94. The Morgan fingerprint density at radius 2 is 1.86 bits per heavy atom. The summed E-state index contributed by atoms with van der Waals surface area (Å²) in [4.78, 5) is 24.7. The van der Waals surface area contributed by atoms with E-state index in [0.717, 1.165) is 17.1 Å². The van der Waals surface area contributed by atoms with Crippen molar-refractivity contribution in [2.45, 2.75) is 0 Å². The topological polar surface area (TPSA) is 108 Å². The van der Waals surface area contributed by atoms with E-state index in [1.807, 2.05) is 54.1 Å². The van der Waals surface area contributed by atoms with Crippen LogP contribution in [-0.4, -0.2) is 32.0 Å². The molecule has 28 heavy (non-hydrogen) atoms. The smallest absolute Gasteiger partial charge is 0.262 e. The van der Waals surface area contributed by atoms with Crippen molar-refractivity contribution in [2.24, 2.45) is 7.05 Å². The first-order chi connectivity index (χ1) is 13.6. The summed E-state index contributed by atoms with van der Waals surface area (Å²) in [6.45, 7) is -0.0767. The minimum Gasteiger partial charge on any atom is -0.484 e. The Bertz CT molecular complexity index is 1120. The van der Waals surface area contributed by atoms with Gasteiger partial charge in [0.1, 0.15) is 17.9 Å². The van der Waals surface area contributed by atoms with E-state index in [0.29, 0.717) is 22.7 Å². The molecule has 4 rings (SSSR count). The summed E-state index contributed by atoms with van der Waals surface area (Å²) in [6.07, 6.45) is 1.42. The second-order valence-electron chi connectivity index (χ2n) is 6.15. The van der Waals surface area contributed by atoms with Crippen molar-refractivity contribution < 1.29 is 9.53 Å². The van der Waals surface area contributed by atoms with Gasteiger partial charge in [-0.1, -0.05) is 18.2 Å². The number of nitrogens with two attached hydrogens (primary N) is 1. The molecule has 0 radical (unpaired) electrons. The van der Waals surface area contributed by atoms with Crippen molar-refractivity contribution in [1.29, 1.82) is 0 Å². The molecule has 0 bridgehead atoms. The molecular weight excluding hydrogens is 356 g/mol. The summed E-state index contributed by atoms with van der Waals surface area (Å²) in [5, 5.41) is 2.78. The highest BCUT2D eigenvalue weighted by atomic mass is 16.5. The average Bonchev–Trinajstić information content (AvgIpc) is 3.06. The van der Waals surface area contributed by atoms with Gasteiger partial charge in [0.25, 0.3) is 5.91 Å². The average molecular weight is 374 g/mol. The molecule has 0 saturated carbocycles. The quantitative estimate of drug-likeness (QED) is 0.556. The van der Waals surface area contributed by atoms with Crippen LogP contribution in [0.5, 0.6) is 5.75 Å². The third kappa shape index (κ3) is 3.48. The number of aryl methyl sites for hydroxylation is 1. The van der Waals surface area contributed by atoms with E-state index in [4.69, 9.17) is 10.5 Å². The van der Waals surface area contributed by atoms with Gasteiger partial charge in [-0.25, -0.2) is 15.0 Å². The zero-order chi connectivity index (χ0) is 19.5. The summed E-state index contributed by atoms with van der Waals surface area (Å²) in [7, 11) is 1.87. The minimum absolute atomic E-state index is 0.0767. The highest BCUT2D eigenvalue weighted by Gasteiger charge is 2.13. The third-order valence-electron chi connectivity index (χ3n) is 4.22. The van der Waals surface area contributed by atoms with Crippen LogP contribution in [-0.2, 0) is 11.8 Å². The fraction of sp³-hybridized carbons (Fsp3) is 0.100. The van der Waals surface area contributed by atoms with Gasteiger partial charge in [0.05, 0.1) is 0 Å². The highest BCUT2D eigenvalue weighted by molar-refractivity contribution is 5.91. The second kappa shape index (κ2) is 7.36. The van der Waals surface area contributed by atoms with E-state index in [9.17, 15) is 4.79 Å². The molecule has 2 heterocycles. The molecule has 0 unspecified atom stereocenters. The number of aromatic nitrogens is 4. The number of carbonyl (C=O) groups excluding carboxylic acids is 1. The van der Waals surface area contributed by atoms with Crippen LogP contribution in [0, 0.1) is 0 Å². The molecule has 0 aliphatic heterocycles. The van der Waals surface area contributed by atoms with Crippen LogP contribution in [0.3, 0.4) is 0 Å². The maximum Gasteiger partial charge on any atom is 0.262 e. The van der Waals surface area contributed by atoms with Gasteiger partial charge < -0.3 is 20.4 Å². The summed E-state index contributed by atoms with van der Waals surface area (Å²) in [6, 6.07) is 16.6. The van der Waals surface area contributed by atoms with Crippen LogP contribution in [0.15, 0.2) is 60.9 Å². The third-order valence-corrected chi connectivity index (χ3v) is 4.22. The van der Waals surface area contributed by atoms with Crippen LogP contribution >= 0.6 is 0 Å². The largest absolute Gasteiger partial charge is 0.484 e. The molecule has 8 nitrogen and oxygen atoms in total. The highest BCUT2D eigenvalue weighted by Crippen LogP contribution is 2.26. The number of para-hydroxylation sites is 1. The van der Waals surface area contributed by atoms with Crippen molar-refractivity contribution in [3.8, 4) is 17.1 Å². The zero-order valence-electron chi connectivity index (χ0n) is 15.2. The number of ether oxygens (including phenoxy) is 1. The number of carbonyl (C=O) groups is 1. The van der Waals surface area contributed by atoms with Gasteiger partial charge in [-0.05, 0) is 36.4 Å². The van der Waals surface area contributed by atoms with Gasteiger partial charge in [0, 0.05) is 18.3 Å². The summed E-state index contributed by atoms with van der Waals surface area (Å²) in [5.74, 6) is 1.43. The number of imidazole rings is 1. The lowest BCUT2D eigenvalue weighted by Gasteiger charge is -2.08. The van der Waals surface area contributed by atoms with Gasteiger partial charge in [-0.3, -0.25) is 4.79 Å². The number of nitrogens with one attached hydrogen (secondary N) is 1. The fourth-order valence-electron chi connectivity index (χ4n) is 2.84. The lowest BCUT2D eigenvalue weighted by Crippen LogP contribution is -2.20. The summed E-state index contributed by atoms with van der Waals surface area (Å²) in [5.41, 5.74) is 8.72. The van der Waals surface area contributed by atoms with Crippen molar-refractivity contribution in [3.63, 3.8) is 0 Å².